The van der Waals surface area contributed by atoms with Crippen LogP contribution in [0.2, 0.25) is 5.02 Å². The third-order valence-corrected chi connectivity index (χ3v) is 4.92. The van der Waals surface area contributed by atoms with E-state index in [2.05, 4.69) is 35.1 Å². The first-order chi connectivity index (χ1) is 8.99. The van der Waals surface area contributed by atoms with Gasteiger partial charge in [0.25, 0.3) is 5.91 Å². The highest BCUT2D eigenvalue weighted by molar-refractivity contribution is 9.10. The van der Waals surface area contributed by atoms with Gasteiger partial charge in [-0.25, -0.2) is 0 Å². The number of hydrogen-bond donors (Lipinski definition) is 1. The van der Waals surface area contributed by atoms with E-state index in [0.717, 1.165) is 12.8 Å². The lowest BCUT2D eigenvalue weighted by Crippen LogP contribution is -2.33. The minimum absolute atomic E-state index is 0.0327. The fraction of sp³-hybridized carbons (Fsp3) is 0.500. The Balaban J connectivity index is 2.58. The van der Waals surface area contributed by atoms with Crippen LogP contribution in [0.4, 0.5) is 0 Å². The predicted molar refractivity (Wildman–Crippen MR) is 85.2 cm³/mol. The van der Waals surface area contributed by atoms with Gasteiger partial charge in [-0.2, -0.15) is 0 Å². The van der Waals surface area contributed by atoms with Gasteiger partial charge >= 0.3 is 0 Å². The van der Waals surface area contributed by atoms with Crippen LogP contribution in [0.5, 0.6) is 0 Å². The number of benzene rings is 1. The molecule has 0 aliphatic rings. The van der Waals surface area contributed by atoms with Gasteiger partial charge < -0.3 is 5.32 Å². The van der Waals surface area contributed by atoms with E-state index in [4.69, 9.17) is 23.2 Å². The lowest BCUT2D eigenvalue weighted by Gasteiger charge is -2.19. The molecule has 0 bridgehead atoms. The van der Waals surface area contributed by atoms with E-state index in [9.17, 15) is 4.79 Å². The van der Waals surface area contributed by atoms with E-state index in [0.29, 0.717) is 27.5 Å². The number of alkyl halides is 1. The molecule has 0 saturated heterocycles. The van der Waals surface area contributed by atoms with Gasteiger partial charge in [0.1, 0.15) is 0 Å². The zero-order chi connectivity index (χ0) is 14.4. The molecule has 0 radical (unpaired) electrons. The zero-order valence-electron chi connectivity index (χ0n) is 11.1. The van der Waals surface area contributed by atoms with Gasteiger partial charge in [-0.1, -0.05) is 38.3 Å². The first-order valence-corrected chi connectivity index (χ1v) is 7.97. The quantitative estimate of drug-likeness (QED) is 0.714. The molecule has 1 amide bonds. The third kappa shape index (κ3) is 4.97. The van der Waals surface area contributed by atoms with Crippen LogP contribution in [0, 0.1) is 5.92 Å². The summed E-state index contributed by atoms with van der Waals surface area (Å²) in [5, 5.41) is 3.41. The summed E-state index contributed by atoms with van der Waals surface area (Å²) in [5.41, 5.74) is 0.574. The fourth-order valence-corrected chi connectivity index (χ4v) is 2.83. The molecule has 1 atom stereocenters. The molecule has 0 aliphatic heterocycles. The Morgan fingerprint density at radius 2 is 2.00 bits per heavy atom. The normalized spacial score (nSPS) is 12.5. The lowest BCUT2D eigenvalue weighted by atomic mass is 9.99. The second-order valence-electron chi connectivity index (χ2n) is 4.43. The summed E-state index contributed by atoms with van der Waals surface area (Å²) >= 11 is 15.5. The molecule has 1 aromatic carbocycles. The number of carbonyl (C=O) groups is 1. The monoisotopic (exact) mass is 365 g/mol. The Bertz CT molecular complexity index is 435. The molecule has 1 aromatic rings. The summed E-state index contributed by atoms with van der Waals surface area (Å²) in [4.78, 5) is 12.0. The van der Waals surface area contributed by atoms with Crippen LogP contribution in [0.3, 0.4) is 0 Å². The Kier molecular flexibility index (Phi) is 7.19. The second-order valence-corrected chi connectivity index (χ2v) is 6.25. The minimum Gasteiger partial charge on any atom is -0.351 e. The maximum atomic E-state index is 12.0. The summed E-state index contributed by atoms with van der Waals surface area (Å²) in [7, 11) is 0. The van der Waals surface area contributed by atoms with Crippen LogP contribution in [-0.2, 0) is 0 Å². The standard InChI is InChI=1S/C14H18BrCl2NO/c1-3-9(4-2)13(17)8-18-14(19)10-5-6-12(16)11(15)7-10/h5-7,9,13H,3-4,8H2,1-2H3,(H,18,19). The SMILES string of the molecule is CCC(CC)C(Cl)CNC(=O)c1ccc(Cl)c(Br)c1. The molecule has 1 N–H and O–H groups in total. The molecular weight excluding hydrogens is 349 g/mol. The predicted octanol–water partition coefficient (Wildman–Crippen LogP) is 4.88. The van der Waals surface area contributed by atoms with Crippen molar-refractivity contribution >= 4 is 45.0 Å². The largest absolute Gasteiger partial charge is 0.351 e. The van der Waals surface area contributed by atoms with E-state index in [1.54, 1.807) is 18.2 Å². The summed E-state index contributed by atoms with van der Waals surface area (Å²) in [6.07, 6.45) is 2.04. The first-order valence-electron chi connectivity index (χ1n) is 6.36. The molecule has 19 heavy (non-hydrogen) atoms. The topological polar surface area (TPSA) is 29.1 Å². The van der Waals surface area contributed by atoms with E-state index in [1.165, 1.54) is 0 Å². The van der Waals surface area contributed by atoms with Crippen molar-refractivity contribution in [3.05, 3.63) is 33.3 Å². The van der Waals surface area contributed by atoms with Gasteiger partial charge in [-0.3, -0.25) is 4.79 Å². The summed E-state index contributed by atoms with van der Waals surface area (Å²) < 4.78 is 0.712. The van der Waals surface area contributed by atoms with E-state index >= 15 is 0 Å². The van der Waals surface area contributed by atoms with Gasteiger partial charge in [0.05, 0.1) is 10.4 Å². The average Bonchev–Trinajstić information content (AvgIpc) is 2.40. The Morgan fingerprint density at radius 1 is 1.37 bits per heavy atom. The van der Waals surface area contributed by atoms with Crippen molar-refractivity contribution in [1.82, 2.24) is 5.32 Å². The summed E-state index contributed by atoms with van der Waals surface area (Å²) in [5.74, 6) is 0.299. The van der Waals surface area contributed by atoms with Crippen LogP contribution in [0.1, 0.15) is 37.0 Å². The van der Waals surface area contributed by atoms with Crippen molar-refractivity contribution in [2.75, 3.05) is 6.54 Å². The number of hydrogen-bond acceptors (Lipinski definition) is 1. The molecule has 2 nitrogen and oxygen atoms in total. The van der Waals surface area contributed by atoms with Crippen molar-refractivity contribution in [3.63, 3.8) is 0 Å². The van der Waals surface area contributed by atoms with Crippen molar-refractivity contribution in [2.45, 2.75) is 32.1 Å². The lowest BCUT2D eigenvalue weighted by molar-refractivity contribution is 0.0951. The molecule has 0 heterocycles. The number of amides is 1. The third-order valence-electron chi connectivity index (χ3n) is 3.20. The molecule has 1 unspecified atom stereocenters. The fourth-order valence-electron chi connectivity index (χ4n) is 1.90. The molecule has 5 heteroatoms. The van der Waals surface area contributed by atoms with Crippen LogP contribution >= 0.6 is 39.1 Å². The molecule has 106 valence electrons. The smallest absolute Gasteiger partial charge is 0.251 e. The maximum absolute atomic E-state index is 12.0. The number of nitrogens with one attached hydrogen (secondary N) is 1. The summed E-state index contributed by atoms with van der Waals surface area (Å²) in [6.45, 7) is 4.70. The van der Waals surface area contributed by atoms with Crippen LogP contribution in [0.25, 0.3) is 0 Å². The molecule has 0 aromatic heterocycles. The number of carbonyl (C=O) groups excluding carboxylic acids is 1. The Hall–Kier alpha value is -0.250. The van der Waals surface area contributed by atoms with Crippen LogP contribution < -0.4 is 5.32 Å². The van der Waals surface area contributed by atoms with Gasteiger partial charge in [-0.05, 0) is 40.0 Å². The minimum atomic E-state index is -0.131. The van der Waals surface area contributed by atoms with Gasteiger partial charge in [0, 0.05) is 16.6 Å². The number of rotatable bonds is 6. The Labute approximate surface area is 133 Å². The highest BCUT2D eigenvalue weighted by Gasteiger charge is 2.17. The van der Waals surface area contributed by atoms with Gasteiger partial charge in [0.2, 0.25) is 0 Å². The van der Waals surface area contributed by atoms with E-state index < -0.39 is 0 Å². The zero-order valence-corrected chi connectivity index (χ0v) is 14.1. The van der Waals surface area contributed by atoms with Crippen LogP contribution in [0.15, 0.2) is 22.7 Å². The van der Waals surface area contributed by atoms with E-state index in [1.807, 2.05) is 0 Å². The van der Waals surface area contributed by atoms with Crippen molar-refractivity contribution < 1.29 is 4.79 Å². The molecule has 0 fully saturated rings. The molecule has 1 rings (SSSR count). The molecular formula is C14H18BrCl2NO. The second kappa shape index (κ2) is 8.13. The molecule has 0 saturated carbocycles. The highest BCUT2D eigenvalue weighted by Crippen LogP contribution is 2.23. The maximum Gasteiger partial charge on any atom is 0.251 e. The van der Waals surface area contributed by atoms with Gasteiger partial charge in [-0.15, -0.1) is 11.6 Å². The molecule has 0 aliphatic carbocycles. The number of halogens is 3. The summed E-state index contributed by atoms with van der Waals surface area (Å²) in [6, 6.07) is 5.10. The van der Waals surface area contributed by atoms with Crippen molar-refractivity contribution in [3.8, 4) is 0 Å². The Morgan fingerprint density at radius 3 is 2.53 bits per heavy atom. The first kappa shape index (κ1) is 16.8. The average molecular weight is 367 g/mol. The van der Waals surface area contributed by atoms with Crippen LogP contribution in [-0.4, -0.2) is 17.8 Å². The van der Waals surface area contributed by atoms with Crippen molar-refractivity contribution in [2.24, 2.45) is 5.92 Å². The molecule has 0 spiro atoms. The van der Waals surface area contributed by atoms with Gasteiger partial charge in [0.15, 0.2) is 0 Å². The van der Waals surface area contributed by atoms with E-state index in [-0.39, 0.29) is 11.3 Å². The highest BCUT2D eigenvalue weighted by atomic mass is 79.9. The van der Waals surface area contributed by atoms with Crippen molar-refractivity contribution in [1.29, 1.82) is 0 Å².